The molecule has 1 unspecified atom stereocenters. The van der Waals surface area contributed by atoms with Crippen LogP contribution in [0.5, 0.6) is 0 Å². The predicted molar refractivity (Wildman–Crippen MR) is 114 cm³/mol. The molecule has 3 rings (SSSR count). The van der Waals surface area contributed by atoms with E-state index in [0.717, 1.165) is 37.2 Å². The van der Waals surface area contributed by atoms with Gasteiger partial charge < -0.3 is 14.6 Å². The summed E-state index contributed by atoms with van der Waals surface area (Å²) in [7, 11) is -3.81. The minimum Gasteiger partial charge on any atom is -0.439 e. The van der Waals surface area contributed by atoms with Crippen molar-refractivity contribution in [1.29, 1.82) is 0 Å². The van der Waals surface area contributed by atoms with Gasteiger partial charge in [0.25, 0.3) is 5.91 Å². The molecule has 1 fully saturated rings. The van der Waals surface area contributed by atoms with Gasteiger partial charge in [-0.15, -0.1) is 0 Å². The lowest BCUT2D eigenvalue weighted by Gasteiger charge is -2.37. The standard InChI is InChI=1S/C20H26BrN3O4S/c1-3-23-10-12-24(13-11-23)15(2)14-22-20(25)18-8-9-19(28-18)29(26,27)17-6-4-16(21)5-7-17/h4-9,15H,3,10-14H2,1-2H3,(H,22,25). The van der Waals surface area contributed by atoms with Crippen LogP contribution in [-0.2, 0) is 9.84 Å². The zero-order chi connectivity index (χ0) is 21.0. The molecule has 1 amide bonds. The maximum atomic E-state index is 12.7. The molecule has 0 saturated carbocycles. The molecule has 2 heterocycles. The summed E-state index contributed by atoms with van der Waals surface area (Å²) in [6, 6.07) is 9.17. The molecule has 2 aromatic rings. The lowest BCUT2D eigenvalue weighted by Crippen LogP contribution is -2.52. The van der Waals surface area contributed by atoms with E-state index in [0.29, 0.717) is 6.54 Å². The molecule has 1 saturated heterocycles. The van der Waals surface area contributed by atoms with Crippen LogP contribution in [0.4, 0.5) is 0 Å². The molecule has 0 spiro atoms. The number of hydrogen-bond acceptors (Lipinski definition) is 6. The Morgan fingerprint density at radius 3 is 2.41 bits per heavy atom. The van der Waals surface area contributed by atoms with Crippen molar-refractivity contribution in [1.82, 2.24) is 15.1 Å². The Kier molecular flexibility index (Phi) is 7.15. The molecule has 1 aromatic carbocycles. The van der Waals surface area contributed by atoms with E-state index in [9.17, 15) is 13.2 Å². The molecule has 29 heavy (non-hydrogen) atoms. The molecule has 7 nitrogen and oxygen atoms in total. The molecular weight excluding hydrogens is 458 g/mol. The van der Waals surface area contributed by atoms with Gasteiger partial charge in [0.2, 0.25) is 14.9 Å². The average Bonchev–Trinajstić information content (AvgIpc) is 3.23. The molecule has 9 heteroatoms. The topological polar surface area (TPSA) is 82.9 Å². The summed E-state index contributed by atoms with van der Waals surface area (Å²) < 4.78 is 31.5. The number of carbonyl (C=O) groups is 1. The van der Waals surface area contributed by atoms with Crippen LogP contribution in [0.1, 0.15) is 24.4 Å². The Balaban J connectivity index is 1.59. The monoisotopic (exact) mass is 483 g/mol. The van der Waals surface area contributed by atoms with Crippen molar-refractivity contribution in [2.75, 3.05) is 39.3 Å². The van der Waals surface area contributed by atoms with Crippen molar-refractivity contribution in [3.05, 3.63) is 46.6 Å². The first-order valence-electron chi connectivity index (χ1n) is 9.66. The zero-order valence-electron chi connectivity index (χ0n) is 16.6. The van der Waals surface area contributed by atoms with Crippen molar-refractivity contribution in [3.8, 4) is 0 Å². The lowest BCUT2D eigenvalue weighted by molar-refractivity contribution is 0.0856. The highest BCUT2D eigenvalue weighted by Gasteiger charge is 2.24. The summed E-state index contributed by atoms with van der Waals surface area (Å²) in [5.41, 5.74) is 0. The molecule has 0 aliphatic carbocycles. The Morgan fingerprint density at radius 1 is 1.14 bits per heavy atom. The number of nitrogens with one attached hydrogen (secondary N) is 1. The quantitative estimate of drug-likeness (QED) is 0.651. The van der Waals surface area contributed by atoms with Crippen LogP contribution in [0, 0.1) is 0 Å². The van der Waals surface area contributed by atoms with Crippen LogP contribution >= 0.6 is 15.9 Å². The number of sulfone groups is 1. The number of amides is 1. The number of nitrogens with zero attached hydrogens (tertiary/aromatic N) is 2. The van der Waals surface area contributed by atoms with Crippen LogP contribution in [0.15, 0.2) is 55.3 Å². The summed E-state index contributed by atoms with van der Waals surface area (Å²) in [5, 5.41) is 2.60. The number of halogens is 1. The normalized spacial score (nSPS) is 17.2. The number of piperazine rings is 1. The zero-order valence-corrected chi connectivity index (χ0v) is 19.0. The summed E-state index contributed by atoms with van der Waals surface area (Å²) in [5.74, 6) is -0.426. The highest BCUT2D eigenvalue weighted by molar-refractivity contribution is 9.10. The van der Waals surface area contributed by atoms with Crippen molar-refractivity contribution < 1.29 is 17.6 Å². The highest BCUT2D eigenvalue weighted by atomic mass is 79.9. The fraction of sp³-hybridized carbons (Fsp3) is 0.450. The summed E-state index contributed by atoms with van der Waals surface area (Å²) in [4.78, 5) is 17.3. The summed E-state index contributed by atoms with van der Waals surface area (Å²) in [6.07, 6.45) is 0. The van der Waals surface area contributed by atoms with E-state index < -0.39 is 15.7 Å². The second-order valence-electron chi connectivity index (χ2n) is 7.11. The van der Waals surface area contributed by atoms with E-state index in [1.54, 1.807) is 12.1 Å². The molecule has 1 aliphatic rings. The third-order valence-electron chi connectivity index (χ3n) is 5.23. The number of carbonyl (C=O) groups excluding carboxylic acids is 1. The Hall–Kier alpha value is -1.68. The van der Waals surface area contributed by atoms with Crippen LogP contribution in [0.3, 0.4) is 0 Å². The maximum Gasteiger partial charge on any atom is 0.287 e. The molecule has 1 aliphatic heterocycles. The minimum absolute atomic E-state index is 0.0105. The number of benzene rings is 1. The van der Waals surface area contributed by atoms with E-state index in [2.05, 4.69) is 44.9 Å². The van der Waals surface area contributed by atoms with Crippen molar-refractivity contribution in [2.45, 2.75) is 29.9 Å². The Morgan fingerprint density at radius 2 is 1.79 bits per heavy atom. The molecule has 1 atom stereocenters. The van der Waals surface area contributed by atoms with Crippen molar-refractivity contribution in [2.24, 2.45) is 0 Å². The van der Waals surface area contributed by atoms with Crippen molar-refractivity contribution in [3.63, 3.8) is 0 Å². The number of rotatable bonds is 7. The van der Waals surface area contributed by atoms with Crippen LogP contribution in [-0.4, -0.2) is 69.4 Å². The fourth-order valence-electron chi connectivity index (χ4n) is 3.29. The molecular formula is C20H26BrN3O4S. The van der Waals surface area contributed by atoms with Crippen LogP contribution < -0.4 is 5.32 Å². The van der Waals surface area contributed by atoms with Crippen molar-refractivity contribution >= 4 is 31.7 Å². The van der Waals surface area contributed by atoms with E-state index in [4.69, 9.17) is 4.42 Å². The van der Waals surface area contributed by atoms with Gasteiger partial charge in [-0.1, -0.05) is 22.9 Å². The largest absolute Gasteiger partial charge is 0.439 e. The van der Waals surface area contributed by atoms with Gasteiger partial charge in [0, 0.05) is 43.2 Å². The molecule has 0 bridgehead atoms. The van der Waals surface area contributed by atoms with Gasteiger partial charge in [-0.3, -0.25) is 9.69 Å². The number of furan rings is 1. The maximum absolute atomic E-state index is 12.7. The SMILES string of the molecule is CCN1CCN(C(C)CNC(=O)c2ccc(S(=O)(=O)c3ccc(Br)cc3)o2)CC1. The highest BCUT2D eigenvalue weighted by Crippen LogP contribution is 2.24. The van der Waals surface area contributed by atoms with Gasteiger partial charge in [0.15, 0.2) is 5.76 Å². The third kappa shape index (κ3) is 5.28. The van der Waals surface area contributed by atoms with Crippen LogP contribution in [0.25, 0.3) is 0 Å². The molecule has 0 radical (unpaired) electrons. The summed E-state index contributed by atoms with van der Waals surface area (Å²) >= 11 is 3.28. The Labute approximate surface area is 180 Å². The second-order valence-corrected chi connectivity index (χ2v) is 9.90. The molecule has 1 aromatic heterocycles. The summed E-state index contributed by atoms with van der Waals surface area (Å²) in [6.45, 7) is 9.78. The van der Waals surface area contributed by atoms with E-state index in [1.165, 1.54) is 24.3 Å². The second kappa shape index (κ2) is 9.42. The van der Waals surface area contributed by atoms with Gasteiger partial charge in [0.05, 0.1) is 4.90 Å². The van der Waals surface area contributed by atoms with Gasteiger partial charge in [0.1, 0.15) is 0 Å². The van der Waals surface area contributed by atoms with E-state index >= 15 is 0 Å². The first kappa shape index (κ1) is 22.0. The fourth-order valence-corrected chi connectivity index (χ4v) is 4.73. The van der Waals surface area contributed by atoms with Gasteiger partial charge in [-0.2, -0.15) is 0 Å². The van der Waals surface area contributed by atoms with Crippen LogP contribution in [0.2, 0.25) is 0 Å². The third-order valence-corrected chi connectivity index (χ3v) is 7.40. The first-order valence-corrected chi connectivity index (χ1v) is 11.9. The van der Waals surface area contributed by atoms with E-state index in [-0.39, 0.29) is 21.8 Å². The average molecular weight is 484 g/mol. The minimum atomic E-state index is -3.81. The number of hydrogen-bond donors (Lipinski definition) is 1. The first-order chi connectivity index (χ1) is 13.8. The molecule has 1 N–H and O–H groups in total. The van der Waals surface area contributed by atoms with Gasteiger partial charge in [-0.25, -0.2) is 8.42 Å². The number of likely N-dealkylation sites (N-methyl/N-ethyl adjacent to an activating group) is 1. The Bertz CT molecular complexity index is 935. The predicted octanol–water partition coefficient (Wildman–Crippen LogP) is 2.63. The van der Waals surface area contributed by atoms with Gasteiger partial charge >= 0.3 is 0 Å². The lowest BCUT2D eigenvalue weighted by atomic mass is 10.2. The van der Waals surface area contributed by atoms with Gasteiger partial charge in [-0.05, 0) is 49.9 Å². The van der Waals surface area contributed by atoms with E-state index in [1.807, 2.05) is 0 Å². The molecule has 158 valence electrons. The smallest absolute Gasteiger partial charge is 0.287 e.